The van der Waals surface area contributed by atoms with Gasteiger partial charge in [-0.1, -0.05) is 40.2 Å². The molecule has 2 fully saturated rings. The summed E-state index contributed by atoms with van der Waals surface area (Å²) in [5.74, 6) is 0. The molecule has 0 unspecified atom stereocenters. The number of amides is 1. The maximum atomic E-state index is 12.4. The molecule has 2 aromatic carbocycles. The predicted molar refractivity (Wildman–Crippen MR) is 133 cm³/mol. The molecule has 6 heteroatoms. The number of carbonyl (C=O) groups is 1. The fourth-order valence-electron chi connectivity index (χ4n) is 4.69. The maximum Gasteiger partial charge on any atom is 0.410 e. The van der Waals surface area contributed by atoms with E-state index in [1.807, 2.05) is 25.7 Å². The van der Waals surface area contributed by atoms with Crippen LogP contribution in [-0.4, -0.2) is 54.2 Å². The summed E-state index contributed by atoms with van der Waals surface area (Å²) in [5, 5.41) is 0. The second-order valence-corrected chi connectivity index (χ2v) is 10.7. The number of halogens is 1. The van der Waals surface area contributed by atoms with Crippen LogP contribution in [0.1, 0.15) is 50.8 Å². The summed E-state index contributed by atoms with van der Waals surface area (Å²) in [7, 11) is 0. The lowest BCUT2D eigenvalue weighted by atomic mass is 9.97. The van der Waals surface area contributed by atoms with Crippen LogP contribution in [0.4, 0.5) is 10.5 Å². The first-order chi connectivity index (χ1) is 15.3. The van der Waals surface area contributed by atoms with E-state index in [-0.39, 0.29) is 6.09 Å². The molecule has 0 spiro atoms. The van der Waals surface area contributed by atoms with Gasteiger partial charge in [0.2, 0.25) is 0 Å². The van der Waals surface area contributed by atoms with Crippen LogP contribution in [0, 0.1) is 0 Å². The molecular formula is C26H34BrN3O2. The van der Waals surface area contributed by atoms with Gasteiger partial charge in [-0.3, -0.25) is 4.90 Å². The van der Waals surface area contributed by atoms with Crippen LogP contribution in [-0.2, 0) is 11.3 Å². The van der Waals surface area contributed by atoms with Crippen molar-refractivity contribution in [3.63, 3.8) is 0 Å². The van der Waals surface area contributed by atoms with Crippen LogP contribution < -0.4 is 4.90 Å². The molecule has 0 radical (unpaired) electrons. The highest BCUT2D eigenvalue weighted by atomic mass is 79.9. The van der Waals surface area contributed by atoms with Crippen molar-refractivity contribution < 1.29 is 9.53 Å². The van der Waals surface area contributed by atoms with Gasteiger partial charge < -0.3 is 14.5 Å². The van der Waals surface area contributed by atoms with Crippen molar-refractivity contribution in [3.05, 3.63) is 64.1 Å². The number of piperazine rings is 1. The zero-order chi connectivity index (χ0) is 22.7. The normalized spacial score (nSPS) is 19.9. The van der Waals surface area contributed by atoms with Crippen LogP contribution in [0.5, 0.6) is 0 Å². The lowest BCUT2D eigenvalue weighted by Crippen LogP contribution is -2.49. The summed E-state index contributed by atoms with van der Waals surface area (Å²) in [6.45, 7) is 10.9. The summed E-state index contributed by atoms with van der Waals surface area (Å²) in [4.78, 5) is 19.2. The van der Waals surface area contributed by atoms with Crippen LogP contribution in [0.25, 0.3) is 0 Å². The Labute approximate surface area is 200 Å². The molecule has 0 aliphatic carbocycles. The molecule has 0 aromatic heterocycles. The average Bonchev–Trinajstić information content (AvgIpc) is 3.24. The van der Waals surface area contributed by atoms with Gasteiger partial charge >= 0.3 is 6.09 Å². The molecule has 2 heterocycles. The molecule has 2 aromatic rings. The Morgan fingerprint density at radius 2 is 1.69 bits per heavy atom. The van der Waals surface area contributed by atoms with Gasteiger partial charge in [-0.2, -0.15) is 0 Å². The van der Waals surface area contributed by atoms with Gasteiger partial charge in [0, 0.05) is 49.4 Å². The Balaban J connectivity index is 1.42. The van der Waals surface area contributed by atoms with Crippen molar-refractivity contribution in [1.82, 2.24) is 9.80 Å². The third-order valence-corrected chi connectivity index (χ3v) is 6.77. The molecule has 2 aliphatic rings. The molecule has 1 atom stereocenters. The van der Waals surface area contributed by atoms with Crippen molar-refractivity contribution in [2.24, 2.45) is 0 Å². The van der Waals surface area contributed by atoms with E-state index in [0.717, 1.165) is 30.7 Å². The second kappa shape index (κ2) is 9.84. The average molecular weight is 500 g/mol. The molecule has 5 nitrogen and oxygen atoms in total. The number of rotatable bonds is 4. The van der Waals surface area contributed by atoms with Gasteiger partial charge in [-0.15, -0.1) is 0 Å². The quantitative estimate of drug-likeness (QED) is 0.528. The van der Waals surface area contributed by atoms with Crippen LogP contribution in [0.3, 0.4) is 0 Å². The zero-order valence-corrected chi connectivity index (χ0v) is 21.0. The van der Waals surface area contributed by atoms with E-state index in [0.29, 0.717) is 19.1 Å². The van der Waals surface area contributed by atoms with Gasteiger partial charge in [-0.05, 0) is 69.0 Å². The topological polar surface area (TPSA) is 36.0 Å². The van der Waals surface area contributed by atoms with E-state index in [2.05, 4.69) is 74.3 Å². The molecule has 32 heavy (non-hydrogen) atoms. The van der Waals surface area contributed by atoms with Crippen LogP contribution in [0.15, 0.2) is 53.0 Å². The number of benzene rings is 2. The second-order valence-electron chi connectivity index (χ2n) is 9.77. The molecule has 0 N–H and O–H groups in total. The van der Waals surface area contributed by atoms with Gasteiger partial charge in [0.05, 0.1) is 6.04 Å². The highest BCUT2D eigenvalue weighted by molar-refractivity contribution is 9.10. The molecule has 2 saturated heterocycles. The van der Waals surface area contributed by atoms with Gasteiger partial charge in [-0.25, -0.2) is 4.79 Å². The summed E-state index contributed by atoms with van der Waals surface area (Å²) >= 11 is 3.55. The summed E-state index contributed by atoms with van der Waals surface area (Å²) in [5.41, 5.74) is 3.67. The molecule has 2 aliphatic heterocycles. The Kier molecular flexibility index (Phi) is 7.11. The van der Waals surface area contributed by atoms with E-state index < -0.39 is 5.60 Å². The minimum atomic E-state index is -0.449. The third-order valence-electron chi connectivity index (χ3n) is 6.24. The van der Waals surface area contributed by atoms with E-state index >= 15 is 0 Å². The smallest absolute Gasteiger partial charge is 0.410 e. The highest BCUT2D eigenvalue weighted by Gasteiger charge is 2.29. The maximum absolute atomic E-state index is 12.4. The number of hydrogen-bond donors (Lipinski definition) is 0. The minimum absolute atomic E-state index is 0.200. The standard InChI is InChI=1S/C26H34BrN3O2/c1-26(2,3)32-25(31)29-17-15-28(16-18-29)19-20-7-4-5-8-23(20)24-9-6-14-30(24)22-12-10-21(27)11-13-22/h4-5,7-8,10-13,24H,6,9,14-19H2,1-3H3/t24-/m1/s1. The van der Waals surface area contributed by atoms with Crippen molar-refractivity contribution in [2.45, 2.75) is 51.8 Å². The first-order valence-electron chi connectivity index (χ1n) is 11.6. The van der Waals surface area contributed by atoms with Gasteiger partial charge in [0.15, 0.2) is 0 Å². The Hall–Kier alpha value is -2.05. The van der Waals surface area contributed by atoms with E-state index in [9.17, 15) is 4.79 Å². The van der Waals surface area contributed by atoms with E-state index in [4.69, 9.17) is 4.74 Å². The number of ether oxygens (including phenoxy) is 1. The highest BCUT2D eigenvalue weighted by Crippen LogP contribution is 2.38. The number of carbonyl (C=O) groups excluding carboxylic acids is 1. The van der Waals surface area contributed by atoms with E-state index in [1.54, 1.807) is 0 Å². The molecule has 1 amide bonds. The summed E-state index contributed by atoms with van der Waals surface area (Å²) < 4.78 is 6.65. The molecular weight excluding hydrogens is 466 g/mol. The zero-order valence-electron chi connectivity index (χ0n) is 19.4. The lowest BCUT2D eigenvalue weighted by Gasteiger charge is -2.36. The molecule has 172 valence electrons. The van der Waals surface area contributed by atoms with Crippen molar-refractivity contribution >= 4 is 27.7 Å². The monoisotopic (exact) mass is 499 g/mol. The summed E-state index contributed by atoms with van der Waals surface area (Å²) in [6.07, 6.45) is 2.19. The van der Waals surface area contributed by atoms with Crippen LogP contribution in [0.2, 0.25) is 0 Å². The SMILES string of the molecule is CC(C)(C)OC(=O)N1CCN(Cc2ccccc2[C@H]2CCCN2c2ccc(Br)cc2)CC1. The molecule has 0 bridgehead atoms. The van der Waals surface area contributed by atoms with Gasteiger partial charge in [0.25, 0.3) is 0 Å². The Morgan fingerprint density at radius 1 is 1.00 bits per heavy atom. The molecule has 0 saturated carbocycles. The Morgan fingerprint density at radius 3 is 2.38 bits per heavy atom. The predicted octanol–water partition coefficient (Wildman–Crippen LogP) is 5.84. The molecule has 4 rings (SSSR count). The minimum Gasteiger partial charge on any atom is -0.444 e. The number of nitrogens with zero attached hydrogens (tertiary/aromatic N) is 3. The fraction of sp³-hybridized carbons (Fsp3) is 0.500. The van der Waals surface area contributed by atoms with Crippen molar-refractivity contribution in [3.8, 4) is 0 Å². The van der Waals surface area contributed by atoms with Crippen molar-refractivity contribution in [2.75, 3.05) is 37.6 Å². The number of anilines is 1. The fourth-order valence-corrected chi connectivity index (χ4v) is 4.96. The first-order valence-corrected chi connectivity index (χ1v) is 12.4. The first kappa shape index (κ1) is 23.1. The van der Waals surface area contributed by atoms with E-state index in [1.165, 1.54) is 29.7 Å². The van der Waals surface area contributed by atoms with Crippen LogP contribution >= 0.6 is 15.9 Å². The largest absolute Gasteiger partial charge is 0.444 e. The van der Waals surface area contributed by atoms with Crippen molar-refractivity contribution in [1.29, 1.82) is 0 Å². The third kappa shape index (κ3) is 5.65. The van der Waals surface area contributed by atoms with Gasteiger partial charge in [0.1, 0.15) is 5.60 Å². The Bertz CT molecular complexity index is 917. The lowest BCUT2D eigenvalue weighted by molar-refractivity contribution is 0.0139. The number of hydrogen-bond acceptors (Lipinski definition) is 4. The summed E-state index contributed by atoms with van der Waals surface area (Å²) in [6, 6.07) is 18.0.